The van der Waals surface area contributed by atoms with E-state index in [0.29, 0.717) is 27.7 Å². The lowest BCUT2D eigenvalue weighted by Gasteiger charge is -2.15. The number of amides is 1. The highest BCUT2D eigenvalue weighted by Crippen LogP contribution is 2.30. The zero-order valence-corrected chi connectivity index (χ0v) is 17.7. The van der Waals surface area contributed by atoms with Gasteiger partial charge in [0.15, 0.2) is 6.17 Å². The predicted octanol–water partition coefficient (Wildman–Crippen LogP) is 5.03. The summed E-state index contributed by atoms with van der Waals surface area (Å²) in [5, 5.41) is 15.6. The second kappa shape index (κ2) is 8.30. The minimum absolute atomic E-state index is 0.108. The van der Waals surface area contributed by atoms with Gasteiger partial charge in [-0.3, -0.25) is 4.79 Å². The van der Waals surface area contributed by atoms with Gasteiger partial charge in [-0.15, -0.1) is 0 Å². The summed E-state index contributed by atoms with van der Waals surface area (Å²) >= 11 is 9.90. The molecule has 0 spiro atoms. The zero-order chi connectivity index (χ0) is 21.3. The Hall–Kier alpha value is -3.16. The third-order valence-electron chi connectivity index (χ3n) is 4.54. The molecule has 1 atom stereocenters. The quantitative estimate of drug-likeness (QED) is 0.484. The monoisotopic (exact) mass is 483 g/mol. The number of carboxylic acids is 1. The van der Waals surface area contributed by atoms with Crippen molar-refractivity contribution in [3.05, 3.63) is 92.9 Å². The average molecular weight is 485 g/mol. The van der Waals surface area contributed by atoms with E-state index in [-0.39, 0.29) is 11.5 Å². The molecule has 30 heavy (non-hydrogen) atoms. The third kappa shape index (κ3) is 4.08. The van der Waals surface area contributed by atoms with Crippen molar-refractivity contribution in [3.63, 3.8) is 0 Å². The SMILES string of the molecule is O=C(O)c1cccc(NC2N=C(c3ccccc3Cl)c3cc(Br)ccc3NC2=O)c1. The van der Waals surface area contributed by atoms with Gasteiger partial charge < -0.3 is 15.7 Å². The minimum atomic E-state index is -1.05. The lowest BCUT2D eigenvalue weighted by Crippen LogP contribution is -2.32. The second-order valence-electron chi connectivity index (χ2n) is 6.57. The molecule has 3 aromatic rings. The fourth-order valence-electron chi connectivity index (χ4n) is 3.15. The number of benzene rings is 3. The summed E-state index contributed by atoms with van der Waals surface area (Å²) in [5.74, 6) is -1.43. The molecule has 1 heterocycles. The van der Waals surface area contributed by atoms with Gasteiger partial charge in [-0.25, -0.2) is 9.79 Å². The molecule has 8 heteroatoms. The van der Waals surface area contributed by atoms with E-state index < -0.39 is 12.1 Å². The van der Waals surface area contributed by atoms with E-state index >= 15 is 0 Å². The normalized spacial score (nSPS) is 15.5. The van der Waals surface area contributed by atoms with Crippen LogP contribution in [0.5, 0.6) is 0 Å². The molecule has 0 radical (unpaired) electrons. The number of carbonyl (C=O) groups is 2. The van der Waals surface area contributed by atoms with Crippen LogP contribution in [0.3, 0.4) is 0 Å². The smallest absolute Gasteiger partial charge is 0.335 e. The topological polar surface area (TPSA) is 90.8 Å². The molecule has 6 nitrogen and oxygen atoms in total. The minimum Gasteiger partial charge on any atom is -0.478 e. The Labute approximate surface area is 185 Å². The first kappa shape index (κ1) is 20.1. The lowest BCUT2D eigenvalue weighted by atomic mass is 10.0. The summed E-state index contributed by atoms with van der Waals surface area (Å²) in [6.07, 6.45) is -0.994. The van der Waals surface area contributed by atoms with Gasteiger partial charge in [0.05, 0.1) is 17.0 Å². The van der Waals surface area contributed by atoms with E-state index in [4.69, 9.17) is 11.6 Å². The Morgan fingerprint density at radius 1 is 1.07 bits per heavy atom. The van der Waals surface area contributed by atoms with Crippen LogP contribution in [-0.4, -0.2) is 28.9 Å². The Bertz CT molecular complexity index is 1200. The molecule has 1 aliphatic rings. The molecule has 1 aliphatic heterocycles. The standard InChI is InChI=1S/C22H15BrClN3O3/c23-13-8-9-18-16(11-13)19(15-6-1-2-7-17(15)24)27-20(21(28)26-18)25-14-5-3-4-12(10-14)22(29)30/h1-11,20,25H,(H,26,28)(H,29,30). The van der Waals surface area contributed by atoms with Gasteiger partial charge in [-0.2, -0.15) is 0 Å². The van der Waals surface area contributed by atoms with Gasteiger partial charge in [0.1, 0.15) is 0 Å². The number of halogens is 2. The highest BCUT2D eigenvalue weighted by atomic mass is 79.9. The number of anilines is 2. The van der Waals surface area contributed by atoms with Crippen molar-refractivity contribution in [1.82, 2.24) is 0 Å². The number of hydrogen-bond acceptors (Lipinski definition) is 4. The highest BCUT2D eigenvalue weighted by molar-refractivity contribution is 9.10. The Morgan fingerprint density at radius 3 is 2.63 bits per heavy atom. The predicted molar refractivity (Wildman–Crippen MR) is 121 cm³/mol. The molecule has 3 aromatic carbocycles. The summed E-state index contributed by atoms with van der Waals surface area (Å²) in [6.45, 7) is 0. The van der Waals surface area contributed by atoms with Crippen LogP contribution in [0.2, 0.25) is 5.02 Å². The van der Waals surface area contributed by atoms with Crippen LogP contribution in [0.25, 0.3) is 0 Å². The van der Waals surface area contributed by atoms with Crippen molar-refractivity contribution in [2.24, 2.45) is 4.99 Å². The molecule has 1 unspecified atom stereocenters. The van der Waals surface area contributed by atoms with Crippen molar-refractivity contribution in [1.29, 1.82) is 0 Å². The van der Waals surface area contributed by atoms with Crippen LogP contribution in [0.15, 0.2) is 76.2 Å². The Morgan fingerprint density at radius 2 is 1.87 bits per heavy atom. The summed E-state index contributed by atoms with van der Waals surface area (Å²) < 4.78 is 0.829. The summed E-state index contributed by atoms with van der Waals surface area (Å²) in [6, 6.07) is 19.0. The highest BCUT2D eigenvalue weighted by Gasteiger charge is 2.27. The molecule has 0 aliphatic carbocycles. The van der Waals surface area contributed by atoms with Crippen LogP contribution in [0.1, 0.15) is 21.5 Å². The van der Waals surface area contributed by atoms with Crippen LogP contribution < -0.4 is 10.6 Å². The molecule has 0 fully saturated rings. The first-order valence-electron chi connectivity index (χ1n) is 8.96. The van der Waals surface area contributed by atoms with Crippen LogP contribution >= 0.6 is 27.5 Å². The molecule has 0 saturated carbocycles. The average Bonchev–Trinajstić information content (AvgIpc) is 2.85. The van der Waals surface area contributed by atoms with E-state index in [1.54, 1.807) is 24.3 Å². The fraction of sp³-hybridized carbons (Fsp3) is 0.0455. The molecule has 4 rings (SSSR count). The molecular weight excluding hydrogens is 470 g/mol. The van der Waals surface area contributed by atoms with Crippen molar-refractivity contribution in [3.8, 4) is 0 Å². The number of aliphatic imine (C=N–C) groups is 1. The van der Waals surface area contributed by atoms with E-state index in [0.717, 1.165) is 10.0 Å². The fourth-order valence-corrected chi connectivity index (χ4v) is 3.73. The third-order valence-corrected chi connectivity index (χ3v) is 5.37. The number of benzodiazepines with no additional fused rings is 1. The van der Waals surface area contributed by atoms with Crippen LogP contribution in [0, 0.1) is 0 Å². The van der Waals surface area contributed by atoms with Gasteiger partial charge in [-0.1, -0.05) is 51.8 Å². The summed E-state index contributed by atoms with van der Waals surface area (Å²) in [4.78, 5) is 28.9. The van der Waals surface area contributed by atoms with E-state index in [1.165, 1.54) is 12.1 Å². The van der Waals surface area contributed by atoms with Crippen molar-refractivity contribution in [2.75, 3.05) is 10.6 Å². The largest absolute Gasteiger partial charge is 0.478 e. The van der Waals surface area contributed by atoms with E-state index in [1.807, 2.05) is 30.3 Å². The van der Waals surface area contributed by atoms with E-state index in [9.17, 15) is 14.7 Å². The number of rotatable bonds is 4. The number of fused-ring (bicyclic) bond motifs is 1. The maximum Gasteiger partial charge on any atom is 0.335 e. The molecule has 0 bridgehead atoms. The first-order valence-corrected chi connectivity index (χ1v) is 10.1. The van der Waals surface area contributed by atoms with Crippen LogP contribution in [0.4, 0.5) is 11.4 Å². The Balaban J connectivity index is 1.82. The first-order chi connectivity index (χ1) is 14.4. The zero-order valence-electron chi connectivity index (χ0n) is 15.4. The number of hydrogen-bond donors (Lipinski definition) is 3. The molecule has 3 N–H and O–H groups in total. The molecule has 0 aromatic heterocycles. The number of carboxylic acid groups (broad SMARTS) is 1. The van der Waals surface area contributed by atoms with E-state index in [2.05, 4.69) is 31.6 Å². The molecule has 0 saturated heterocycles. The van der Waals surface area contributed by atoms with Crippen molar-refractivity contribution in [2.45, 2.75) is 6.17 Å². The maximum absolute atomic E-state index is 12.9. The summed E-state index contributed by atoms with van der Waals surface area (Å²) in [7, 11) is 0. The van der Waals surface area contributed by atoms with Crippen LogP contribution in [-0.2, 0) is 4.79 Å². The van der Waals surface area contributed by atoms with Gasteiger partial charge in [0.2, 0.25) is 0 Å². The van der Waals surface area contributed by atoms with Gasteiger partial charge in [0.25, 0.3) is 5.91 Å². The van der Waals surface area contributed by atoms with Crippen molar-refractivity contribution >= 4 is 56.5 Å². The maximum atomic E-state index is 12.9. The molecule has 150 valence electrons. The van der Waals surface area contributed by atoms with Gasteiger partial charge in [0, 0.05) is 26.3 Å². The summed E-state index contributed by atoms with van der Waals surface area (Å²) in [5.41, 5.74) is 3.11. The van der Waals surface area contributed by atoms with Gasteiger partial charge >= 0.3 is 5.97 Å². The number of carbonyl (C=O) groups excluding carboxylic acids is 1. The molecular formula is C22H15BrClN3O3. The number of aromatic carboxylic acids is 1. The second-order valence-corrected chi connectivity index (χ2v) is 7.89. The number of nitrogens with zero attached hydrogens (tertiary/aromatic N) is 1. The van der Waals surface area contributed by atoms with Gasteiger partial charge in [-0.05, 0) is 42.5 Å². The Kier molecular flexibility index (Phi) is 5.57. The van der Waals surface area contributed by atoms with Crippen molar-refractivity contribution < 1.29 is 14.7 Å². The lowest BCUT2D eigenvalue weighted by molar-refractivity contribution is -0.116. The number of nitrogens with one attached hydrogen (secondary N) is 2. The molecule has 1 amide bonds.